The molecule has 186 valence electrons. The van der Waals surface area contributed by atoms with Gasteiger partial charge in [0.25, 0.3) is 0 Å². The van der Waals surface area contributed by atoms with E-state index in [2.05, 4.69) is 65.5 Å². The molecule has 0 aliphatic carbocycles. The third-order valence-corrected chi connectivity index (χ3v) is 15.4. The zero-order valence-electron chi connectivity index (χ0n) is 21.1. The Morgan fingerprint density at radius 2 is 1.16 bits per heavy atom. The standard InChI is InChI=1S/C15H40O6Si4.C4H6O2/c1-22(2,3)19-25(20-23(4,5)6,21-24(7,8)9)12-10-11-14(17)15(18)13-16;1-3(2)4(5)6/h14-18H,10-13H2,1-9H3;1H2,2H3,(H,5,6). The Morgan fingerprint density at radius 3 is 1.39 bits per heavy atom. The molecule has 2 atom stereocenters. The molecule has 31 heavy (non-hydrogen) atoms. The zero-order chi connectivity index (χ0) is 25.3. The zero-order valence-corrected chi connectivity index (χ0v) is 25.1. The molecule has 0 bridgehead atoms. The number of aliphatic hydroxyl groups is 3. The van der Waals surface area contributed by atoms with Gasteiger partial charge in [0.15, 0.2) is 25.0 Å². The van der Waals surface area contributed by atoms with Crippen LogP contribution in [0.2, 0.25) is 65.0 Å². The molecule has 0 spiro atoms. The second-order valence-corrected chi connectivity index (χ2v) is 27.6. The molecule has 0 aliphatic rings. The van der Waals surface area contributed by atoms with E-state index in [1.807, 2.05) is 0 Å². The molecule has 0 aromatic heterocycles. The summed E-state index contributed by atoms with van der Waals surface area (Å²) >= 11 is 0. The van der Waals surface area contributed by atoms with Gasteiger partial charge in [0.1, 0.15) is 6.10 Å². The monoisotopic (exact) mass is 514 g/mol. The van der Waals surface area contributed by atoms with Gasteiger partial charge in [-0.05, 0) is 78.7 Å². The fourth-order valence-corrected chi connectivity index (χ4v) is 17.1. The lowest BCUT2D eigenvalue weighted by atomic mass is 10.1. The van der Waals surface area contributed by atoms with Crippen molar-refractivity contribution in [3.05, 3.63) is 12.2 Å². The number of hydrogen-bond donors (Lipinski definition) is 4. The Bertz CT molecular complexity index is 500. The van der Waals surface area contributed by atoms with Gasteiger partial charge >= 0.3 is 14.8 Å². The molecule has 4 N–H and O–H groups in total. The summed E-state index contributed by atoms with van der Waals surface area (Å²) in [6, 6.07) is 0.626. The Hall–Kier alpha value is -0.162. The highest BCUT2D eigenvalue weighted by molar-refractivity contribution is 6.90. The largest absolute Gasteiger partial charge is 0.478 e. The van der Waals surface area contributed by atoms with Crippen LogP contribution < -0.4 is 0 Å². The van der Waals surface area contributed by atoms with E-state index in [-0.39, 0.29) is 5.57 Å². The molecule has 8 nitrogen and oxygen atoms in total. The third kappa shape index (κ3) is 19.1. The van der Waals surface area contributed by atoms with E-state index in [0.29, 0.717) is 18.9 Å². The molecular weight excluding hydrogens is 469 g/mol. The van der Waals surface area contributed by atoms with Crippen molar-refractivity contribution in [2.24, 2.45) is 0 Å². The first kappa shape index (κ1) is 33.0. The first-order chi connectivity index (χ1) is 13.6. The van der Waals surface area contributed by atoms with Gasteiger partial charge in [-0.1, -0.05) is 6.58 Å². The highest BCUT2D eigenvalue weighted by Crippen LogP contribution is 2.30. The van der Waals surface area contributed by atoms with Crippen molar-refractivity contribution in [1.82, 2.24) is 0 Å². The first-order valence-corrected chi connectivity index (χ1v) is 22.7. The van der Waals surface area contributed by atoms with Crippen LogP contribution in [0, 0.1) is 0 Å². The van der Waals surface area contributed by atoms with Crippen molar-refractivity contribution in [3.8, 4) is 0 Å². The number of aliphatic hydroxyl groups excluding tert-OH is 3. The number of rotatable bonds is 13. The lowest BCUT2D eigenvalue weighted by molar-refractivity contribution is -0.132. The summed E-state index contributed by atoms with van der Waals surface area (Å²) in [6.07, 6.45) is -1.04. The average Bonchev–Trinajstić information content (AvgIpc) is 2.48. The normalized spacial score (nSPS) is 15.0. The molecule has 0 fully saturated rings. The first-order valence-electron chi connectivity index (χ1n) is 10.6. The van der Waals surface area contributed by atoms with E-state index < -0.39 is 58.5 Å². The summed E-state index contributed by atoms with van der Waals surface area (Å²) in [5.74, 6) is -0.935. The molecule has 0 saturated heterocycles. The molecule has 0 heterocycles. The maximum atomic E-state index is 9.92. The quantitative estimate of drug-likeness (QED) is 0.217. The summed E-state index contributed by atoms with van der Waals surface area (Å²) in [7, 11) is -8.56. The number of carboxylic acids is 1. The average molecular weight is 515 g/mol. The summed E-state index contributed by atoms with van der Waals surface area (Å²) in [6.45, 7) is 23.4. The van der Waals surface area contributed by atoms with Crippen molar-refractivity contribution >= 4 is 39.7 Å². The van der Waals surface area contributed by atoms with Crippen molar-refractivity contribution in [3.63, 3.8) is 0 Å². The van der Waals surface area contributed by atoms with Crippen LogP contribution >= 0.6 is 0 Å². The summed E-state index contributed by atoms with van der Waals surface area (Å²) in [4.78, 5) is 9.60. The summed E-state index contributed by atoms with van der Waals surface area (Å²) < 4.78 is 19.7. The number of hydrogen-bond acceptors (Lipinski definition) is 7. The van der Waals surface area contributed by atoms with Crippen molar-refractivity contribution in [2.75, 3.05) is 6.61 Å². The molecule has 0 aromatic carbocycles. The Balaban J connectivity index is 0. The van der Waals surface area contributed by atoms with Crippen LogP contribution in [0.5, 0.6) is 0 Å². The van der Waals surface area contributed by atoms with E-state index in [9.17, 15) is 15.0 Å². The minimum Gasteiger partial charge on any atom is -0.478 e. The summed E-state index contributed by atoms with van der Waals surface area (Å²) in [5.41, 5.74) is 0.176. The van der Waals surface area contributed by atoms with Crippen LogP contribution in [-0.4, -0.2) is 79.0 Å². The van der Waals surface area contributed by atoms with E-state index in [1.54, 1.807) is 0 Å². The Labute approximate surface area is 193 Å². The highest BCUT2D eigenvalue weighted by Gasteiger charge is 2.49. The van der Waals surface area contributed by atoms with Gasteiger partial charge in [-0.15, -0.1) is 0 Å². The van der Waals surface area contributed by atoms with Crippen LogP contribution in [0.25, 0.3) is 0 Å². The molecule has 0 amide bonds. The molecule has 12 heteroatoms. The van der Waals surface area contributed by atoms with Crippen molar-refractivity contribution in [2.45, 2.75) is 96.9 Å². The van der Waals surface area contributed by atoms with Crippen LogP contribution in [0.4, 0.5) is 0 Å². The van der Waals surface area contributed by atoms with Crippen molar-refractivity contribution in [1.29, 1.82) is 0 Å². The van der Waals surface area contributed by atoms with Gasteiger partial charge in [0, 0.05) is 11.6 Å². The van der Waals surface area contributed by atoms with E-state index >= 15 is 0 Å². The van der Waals surface area contributed by atoms with Gasteiger partial charge in [-0.3, -0.25) is 0 Å². The molecule has 0 saturated carbocycles. The molecule has 0 radical (unpaired) electrons. The van der Waals surface area contributed by atoms with E-state index in [4.69, 9.17) is 22.6 Å². The number of aliphatic carboxylic acids is 1. The Morgan fingerprint density at radius 1 is 0.839 bits per heavy atom. The smallest absolute Gasteiger partial charge is 0.469 e. The lowest BCUT2D eigenvalue weighted by Crippen LogP contribution is -2.60. The minimum atomic E-state index is -2.88. The van der Waals surface area contributed by atoms with Crippen molar-refractivity contribution < 1.29 is 37.6 Å². The second kappa shape index (κ2) is 13.5. The SMILES string of the molecule is C=C(C)C(=O)O.C[Si](C)(C)O[Si](CCCC(O)C(O)CO)(O[Si](C)(C)C)O[Si](C)(C)C. The maximum absolute atomic E-state index is 9.92. The van der Waals surface area contributed by atoms with E-state index in [0.717, 1.165) is 0 Å². The fraction of sp³-hybridized carbons (Fsp3) is 0.842. The number of carbonyl (C=O) groups is 1. The second-order valence-electron chi connectivity index (χ2n) is 10.6. The molecule has 0 rings (SSSR count). The van der Waals surface area contributed by atoms with Crippen LogP contribution in [0.3, 0.4) is 0 Å². The Kier molecular flexibility index (Phi) is 14.4. The lowest BCUT2D eigenvalue weighted by Gasteiger charge is -2.43. The summed E-state index contributed by atoms with van der Waals surface area (Å²) in [5, 5.41) is 36.3. The molecule has 0 aliphatic heterocycles. The van der Waals surface area contributed by atoms with E-state index in [1.165, 1.54) is 6.92 Å². The van der Waals surface area contributed by atoms with Crippen LogP contribution in [0.1, 0.15) is 19.8 Å². The van der Waals surface area contributed by atoms with Gasteiger partial charge in [-0.25, -0.2) is 4.79 Å². The van der Waals surface area contributed by atoms with Gasteiger partial charge in [0.05, 0.1) is 12.7 Å². The molecular formula is C19H46O8Si4. The predicted molar refractivity (Wildman–Crippen MR) is 135 cm³/mol. The van der Waals surface area contributed by atoms with Gasteiger partial charge in [-0.2, -0.15) is 0 Å². The van der Waals surface area contributed by atoms with Gasteiger partial charge in [0.2, 0.25) is 0 Å². The van der Waals surface area contributed by atoms with Crippen LogP contribution in [0.15, 0.2) is 12.2 Å². The van der Waals surface area contributed by atoms with Gasteiger partial charge < -0.3 is 32.8 Å². The third-order valence-electron chi connectivity index (χ3n) is 3.36. The fourth-order valence-electron chi connectivity index (χ4n) is 2.46. The molecule has 0 aromatic rings. The minimum absolute atomic E-state index is 0.176. The number of carboxylic acid groups (broad SMARTS) is 1. The highest BCUT2D eigenvalue weighted by atomic mass is 28.5. The topological polar surface area (TPSA) is 126 Å². The molecule has 2 unspecified atom stereocenters. The van der Waals surface area contributed by atoms with Crippen LogP contribution in [-0.2, 0) is 17.1 Å². The maximum Gasteiger partial charge on any atom is 0.469 e. The predicted octanol–water partition coefficient (Wildman–Crippen LogP) is 3.62.